The number of thiazole rings is 1. The number of carbonyl (C=O) groups excluding carboxylic acids is 1. The van der Waals surface area contributed by atoms with E-state index in [1.54, 1.807) is 56.8 Å². The molecular formula is C30H26BrN5O6S2. The van der Waals surface area contributed by atoms with Crippen LogP contribution >= 0.6 is 39.0 Å². The molecule has 5 rings (SSSR count). The third kappa shape index (κ3) is 6.37. The number of halogens is 1. The van der Waals surface area contributed by atoms with E-state index < -0.39 is 22.5 Å². The number of rotatable bonds is 10. The number of methoxy groups -OCH3 is 1. The third-order valence-electron chi connectivity index (χ3n) is 6.62. The van der Waals surface area contributed by atoms with Gasteiger partial charge in [-0.2, -0.15) is 0 Å². The van der Waals surface area contributed by atoms with Crippen LogP contribution < -0.4 is 19.6 Å². The molecule has 11 nitrogen and oxygen atoms in total. The summed E-state index contributed by atoms with van der Waals surface area (Å²) >= 11 is 5.90. The number of hydrogen-bond donors (Lipinski definition) is 0. The van der Waals surface area contributed by atoms with E-state index in [-0.39, 0.29) is 17.9 Å². The molecule has 14 heteroatoms. The molecule has 0 fully saturated rings. The summed E-state index contributed by atoms with van der Waals surface area (Å²) in [6.07, 6.45) is 6.02. The Morgan fingerprint density at radius 2 is 1.98 bits per heavy atom. The van der Waals surface area contributed by atoms with Crippen LogP contribution in [0.5, 0.6) is 5.75 Å². The van der Waals surface area contributed by atoms with Gasteiger partial charge in [-0.15, -0.1) is 0 Å². The van der Waals surface area contributed by atoms with Crippen molar-refractivity contribution >= 4 is 56.8 Å². The first-order valence-corrected chi connectivity index (χ1v) is 16.0. The van der Waals surface area contributed by atoms with Crippen LogP contribution in [0.15, 0.2) is 90.4 Å². The Morgan fingerprint density at radius 3 is 2.64 bits per heavy atom. The number of aromatic nitrogens is 3. The molecule has 2 aromatic carbocycles. The number of nitro benzene ring substituents is 1. The van der Waals surface area contributed by atoms with Crippen molar-refractivity contribution in [1.82, 2.24) is 14.5 Å². The normalized spacial score (nSPS) is 14.6. The van der Waals surface area contributed by atoms with E-state index in [9.17, 15) is 19.7 Å². The highest BCUT2D eigenvalue weighted by atomic mass is 79.9. The lowest BCUT2D eigenvalue weighted by atomic mass is 9.94. The van der Waals surface area contributed by atoms with Gasteiger partial charge in [0.2, 0.25) is 0 Å². The third-order valence-corrected chi connectivity index (χ3v) is 9.21. The molecule has 4 aromatic rings. The second-order valence-corrected chi connectivity index (χ2v) is 12.3. The van der Waals surface area contributed by atoms with E-state index in [2.05, 4.69) is 25.9 Å². The molecule has 0 bridgehead atoms. The van der Waals surface area contributed by atoms with Gasteiger partial charge in [-0.05, 0) is 82.5 Å². The number of ether oxygens (including phenoxy) is 2. The minimum absolute atomic E-state index is 0.127. The first kappa shape index (κ1) is 31.3. The molecule has 1 aliphatic rings. The average Bonchev–Trinajstić information content (AvgIpc) is 3.32. The number of nitrogens with zero attached hydrogens (tertiary/aromatic N) is 5. The summed E-state index contributed by atoms with van der Waals surface area (Å²) in [5, 5.41) is 12.1. The number of benzene rings is 2. The van der Waals surface area contributed by atoms with Crippen molar-refractivity contribution in [2.45, 2.75) is 42.8 Å². The maximum atomic E-state index is 14.2. The largest absolute Gasteiger partial charge is 0.496 e. The zero-order valence-corrected chi connectivity index (χ0v) is 27.1. The Hall–Kier alpha value is -4.14. The van der Waals surface area contributed by atoms with Crippen molar-refractivity contribution in [3.8, 4) is 5.75 Å². The maximum Gasteiger partial charge on any atom is 0.338 e. The lowest BCUT2D eigenvalue weighted by molar-refractivity contribution is -0.384. The van der Waals surface area contributed by atoms with E-state index in [0.29, 0.717) is 59.3 Å². The van der Waals surface area contributed by atoms with Crippen molar-refractivity contribution in [3.63, 3.8) is 0 Å². The van der Waals surface area contributed by atoms with Gasteiger partial charge in [0, 0.05) is 29.4 Å². The van der Waals surface area contributed by atoms with Gasteiger partial charge >= 0.3 is 5.97 Å². The van der Waals surface area contributed by atoms with Crippen LogP contribution in [0.3, 0.4) is 0 Å². The minimum Gasteiger partial charge on any atom is -0.496 e. The molecule has 0 spiro atoms. The summed E-state index contributed by atoms with van der Waals surface area (Å²) in [4.78, 5) is 53.1. The first-order chi connectivity index (χ1) is 21.2. The zero-order chi connectivity index (χ0) is 31.4. The molecule has 0 saturated heterocycles. The summed E-state index contributed by atoms with van der Waals surface area (Å²) in [5.41, 5.74) is 1.41. The molecule has 1 atom stereocenters. The molecule has 0 saturated carbocycles. The molecule has 226 valence electrons. The Balaban J connectivity index is 1.75. The number of hydrogen-bond acceptors (Lipinski definition) is 11. The van der Waals surface area contributed by atoms with Crippen LogP contribution in [0, 0.1) is 10.1 Å². The van der Waals surface area contributed by atoms with E-state index in [1.807, 2.05) is 13.0 Å². The second kappa shape index (κ2) is 13.7. The van der Waals surface area contributed by atoms with Crippen LogP contribution in [0.1, 0.15) is 43.9 Å². The fourth-order valence-corrected chi connectivity index (χ4v) is 7.09. The Kier molecular flexibility index (Phi) is 9.71. The number of esters is 1. The maximum absolute atomic E-state index is 14.2. The number of nitro groups is 1. The monoisotopic (exact) mass is 695 g/mol. The number of carbonyl (C=O) groups is 1. The lowest BCUT2D eigenvalue weighted by Gasteiger charge is -2.26. The van der Waals surface area contributed by atoms with Gasteiger partial charge in [0.1, 0.15) is 5.75 Å². The van der Waals surface area contributed by atoms with Gasteiger partial charge in [-0.25, -0.2) is 19.8 Å². The highest BCUT2D eigenvalue weighted by Gasteiger charge is 2.34. The summed E-state index contributed by atoms with van der Waals surface area (Å²) in [7, 11) is 1.55. The fraction of sp³-hybridized carbons (Fsp3) is 0.233. The molecule has 44 heavy (non-hydrogen) atoms. The molecule has 2 aromatic heterocycles. The highest BCUT2D eigenvalue weighted by molar-refractivity contribution is 9.10. The Bertz CT molecular complexity index is 1960. The van der Waals surface area contributed by atoms with E-state index >= 15 is 0 Å². The molecule has 0 amide bonds. The molecule has 0 N–H and O–H groups in total. The van der Waals surface area contributed by atoms with Gasteiger partial charge in [0.05, 0.1) is 45.0 Å². The molecule has 3 heterocycles. The van der Waals surface area contributed by atoms with Crippen LogP contribution in [-0.4, -0.2) is 39.1 Å². The number of fused-ring (bicyclic) bond motifs is 1. The summed E-state index contributed by atoms with van der Waals surface area (Å²) in [5.74, 6) is 0.0425. The smallest absolute Gasteiger partial charge is 0.338 e. The van der Waals surface area contributed by atoms with Crippen molar-refractivity contribution < 1.29 is 19.2 Å². The van der Waals surface area contributed by atoms with Crippen molar-refractivity contribution in [2.75, 3.05) is 13.7 Å². The molecule has 1 aliphatic heterocycles. The zero-order valence-electron chi connectivity index (χ0n) is 23.9. The summed E-state index contributed by atoms with van der Waals surface area (Å²) in [6, 6.07) is 10.7. The molecule has 0 unspecified atom stereocenters. The second-order valence-electron chi connectivity index (χ2n) is 9.42. The number of allylic oxidation sites excluding steroid dienone is 1. The van der Waals surface area contributed by atoms with Crippen molar-refractivity contribution in [2.24, 2.45) is 4.99 Å². The molecule has 0 radical (unpaired) electrons. The van der Waals surface area contributed by atoms with Gasteiger partial charge in [0.25, 0.3) is 11.2 Å². The fourth-order valence-electron chi connectivity index (χ4n) is 4.72. The average molecular weight is 697 g/mol. The minimum atomic E-state index is -0.826. The topological polar surface area (TPSA) is 139 Å². The number of non-ortho nitro benzene ring substituents is 1. The van der Waals surface area contributed by atoms with Gasteiger partial charge < -0.3 is 9.47 Å². The van der Waals surface area contributed by atoms with Crippen LogP contribution in [0.25, 0.3) is 6.08 Å². The van der Waals surface area contributed by atoms with E-state index in [1.165, 1.54) is 28.5 Å². The van der Waals surface area contributed by atoms with Crippen LogP contribution in [-0.2, 0) is 9.53 Å². The van der Waals surface area contributed by atoms with Crippen LogP contribution in [0.2, 0.25) is 0 Å². The predicted molar refractivity (Wildman–Crippen MR) is 170 cm³/mol. The van der Waals surface area contributed by atoms with E-state index in [4.69, 9.17) is 14.5 Å². The highest BCUT2D eigenvalue weighted by Crippen LogP contribution is 2.36. The Morgan fingerprint density at radius 1 is 1.20 bits per heavy atom. The van der Waals surface area contributed by atoms with Gasteiger partial charge in [-0.1, -0.05) is 30.7 Å². The Labute approximate surface area is 268 Å². The first-order valence-electron chi connectivity index (χ1n) is 13.5. The standard InChI is InChI=1S/C30H26BrN5O6S2/c1-4-7-21-25(28(38)42-5-2)26(17-8-10-22(41-3)20(31)15-17)35-27(37)24(44-30(35)34-21)16-18-14-19(36(39)40)9-11-23(18)43-29-32-12-6-13-33-29/h6,8-16,26H,4-5,7H2,1-3H3/b24-16+/t26-/m0/s1. The molecular weight excluding hydrogens is 670 g/mol. The van der Waals surface area contributed by atoms with Gasteiger partial charge in [0.15, 0.2) is 9.96 Å². The van der Waals surface area contributed by atoms with Gasteiger partial charge in [-0.3, -0.25) is 19.5 Å². The summed E-state index contributed by atoms with van der Waals surface area (Å²) in [6.45, 7) is 3.86. The van der Waals surface area contributed by atoms with E-state index in [0.717, 1.165) is 11.3 Å². The van der Waals surface area contributed by atoms with Crippen LogP contribution in [0.4, 0.5) is 5.69 Å². The van der Waals surface area contributed by atoms with Crippen molar-refractivity contribution in [1.29, 1.82) is 0 Å². The summed E-state index contributed by atoms with van der Waals surface area (Å²) < 4.78 is 13.3. The lowest BCUT2D eigenvalue weighted by Crippen LogP contribution is -2.40. The molecule has 0 aliphatic carbocycles. The SMILES string of the molecule is CCCC1=C(C(=O)OCC)[C@H](c2ccc(OC)c(Br)c2)n2c(s/c(=C/c3cc([N+](=O)[O-])ccc3Sc3ncccn3)c2=O)=N1. The predicted octanol–water partition coefficient (Wildman–Crippen LogP) is 5.20. The van der Waals surface area contributed by atoms with Crippen molar-refractivity contribution in [3.05, 3.63) is 112 Å². The quantitative estimate of drug-likeness (QED) is 0.0948.